The maximum Gasteiger partial charge on any atom is 0.274 e. The van der Waals surface area contributed by atoms with Crippen LogP contribution in [0.15, 0.2) is 57.8 Å². The van der Waals surface area contributed by atoms with E-state index in [0.29, 0.717) is 23.8 Å². The maximum atomic E-state index is 12.5. The molecule has 4 aromatic rings. The van der Waals surface area contributed by atoms with Crippen LogP contribution in [0.2, 0.25) is 0 Å². The molecule has 0 amide bonds. The van der Waals surface area contributed by atoms with Crippen molar-refractivity contribution in [1.29, 1.82) is 0 Å². The Morgan fingerprint density at radius 1 is 1.14 bits per heavy atom. The summed E-state index contributed by atoms with van der Waals surface area (Å²) in [5.74, 6) is 0.983. The van der Waals surface area contributed by atoms with Crippen molar-refractivity contribution >= 4 is 27.4 Å². The summed E-state index contributed by atoms with van der Waals surface area (Å²) >= 11 is 3.61. The van der Waals surface area contributed by atoms with Gasteiger partial charge in [-0.3, -0.25) is 9.89 Å². The van der Waals surface area contributed by atoms with Crippen LogP contribution >= 0.6 is 15.9 Å². The van der Waals surface area contributed by atoms with Crippen LogP contribution in [0.25, 0.3) is 17.2 Å². The van der Waals surface area contributed by atoms with Gasteiger partial charge in [0.2, 0.25) is 0 Å². The second kappa shape index (κ2) is 7.59. The molecule has 0 aliphatic carbocycles. The van der Waals surface area contributed by atoms with Gasteiger partial charge in [-0.15, -0.1) is 0 Å². The third kappa shape index (κ3) is 3.45. The fraction of sp³-hybridized carbons (Fsp3) is 0.190. The van der Waals surface area contributed by atoms with Crippen LogP contribution in [0.3, 0.4) is 0 Å². The lowest BCUT2D eigenvalue weighted by Gasteiger charge is -2.15. The fourth-order valence-corrected chi connectivity index (χ4v) is 3.86. The molecule has 6 nitrogen and oxygen atoms in total. The lowest BCUT2D eigenvalue weighted by atomic mass is 10.1. The number of H-pyrrole nitrogens is 1. The molecule has 28 heavy (non-hydrogen) atoms. The van der Waals surface area contributed by atoms with Crippen LogP contribution in [0.4, 0.5) is 5.69 Å². The lowest BCUT2D eigenvalue weighted by Crippen LogP contribution is -2.17. The predicted octanol–water partition coefficient (Wildman–Crippen LogP) is 4.33. The van der Waals surface area contributed by atoms with Crippen molar-refractivity contribution in [3.8, 4) is 11.4 Å². The van der Waals surface area contributed by atoms with Gasteiger partial charge in [0.25, 0.3) is 11.3 Å². The van der Waals surface area contributed by atoms with Crippen molar-refractivity contribution in [2.75, 3.05) is 5.32 Å². The molecule has 2 N–H and O–H groups in total. The van der Waals surface area contributed by atoms with Crippen molar-refractivity contribution in [1.82, 2.24) is 19.6 Å². The van der Waals surface area contributed by atoms with Crippen LogP contribution in [0.5, 0.6) is 0 Å². The molecule has 0 aliphatic rings. The largest absolute Gasteiger partial charge is 0.379 e. The van der Waals surface area contributed by atoms with E-state index >= 15 is 0 Å². The minimum Gasteiger partial charge on any atom is -0.379 e. The Labute approximate surface area is 170 Å². The molecule has 142 valence electrons. The molecule has 0 bridgehead atoms. The Balaban J connectivity index is 1.66. The fourth-order valence-electron chi connectivity index (χ4n) is 3.25. The number of fused-ring (bicyclic) bond motifs is 1. The maximum absolute atomic E-state index is 12.5. The molecule has 0 fully saturated rings. The molecule has 0 radical (unpaired) electrons. The molecule has 2 aromatic carbocycles. The number of benzene rings is 2. The van der Waals surface area contributed by atoms with E-state index in [1.54, 1.807) is 0 Å². The molecule has 0 atom stereocenters. The summed E-state index contributed by atoms with van der Waals surface area (Å²) in [6.07, 6.45) is 0.902. The molecule has 7 heteroatoms. The SMILES string of the molecule is CCc1c(Br)ccc(C)c1NCc1cc(=O)n2[nH]c(-c3ccccc3)nc2n1. The van der Waals surface area contributed by atoms with E-state index in [-0.39, 0.29) is 5.56 Å². The first-order valence-electron chi connectivity index (χ1n) is 9.12. The molecule has 4 rings (SSSR count). The van der Waals surface area contributed by atoms with Gasteiger partial charge in [-0.1, -0.05) is 59.3 Å². The Kier molecular flexibility index (Phi) is 5.00. The smallest absolute Gasteiger partial charge is 0.274 e. The van der Waals surface area contributed by atoms with Gasteiger partial charge in [-0.2, -0.15) is 9.50 Å². The average molecular weight is 438 g/mol. The van der Waals surface area contributed by atoms with Gasteiger partial charge < -0.3 is 5.32 Å². The lowest BCUT2D eigenvalue weighted by molar-refractivity contribution is 0.878. The molecule has 0 aliphatic heterocycles. The highest BCUT2D eigenvalue weighted by Gasteiger charge is 2.12. The van der Waals surface area contributed by atoms with Gasteiger partial charge in [0.05, 0.1) is 12.2 Å². The standard InChI is InChI=1S/C21H20BrN5O/c1-3-16-17(22)10-9-13(2)19(16)23-12-15-11-18(28)27-21(24-15)25-20(26-27)14-7-5-4-6-8-14/h4-11,23H,3,12H2,1-2H3,(H,24,25,26). The topological polar surface area (TPSA) is 75.1 Å². The van der Waals surface area contributed by atoms with Gasteiger partial charge in [0, 0.05) is 21.8 Å². The van der Waals surface area contributed by atoms with Crippen LogP contribution < -0.4 is 10.9 Å². The van der Waals surface area contributed by atoms with E-state index in [9.17, 15) is 4.79 Å². The van der Waals surface area contributed by atoms with Crippen LogP contribution in [-0.4, -0.2) is 19.6 Å². The van der Waals surface area contributed by atoms with E-state index in [1.165, 1.54) is 16.1 Å². The minimum absolute atomic E-state index is 0.182. The first-order valence-corrected chi connectivity index (χ1v) is 9.92. The number of aryl methyl sites for hydroxylation is 1. The number of nitrogens with one attached hydrogen (secondary N) is 2. The number of hydrogen-bond donors (Lipinski definition) is 2. The summed E-state index contributed by atoms with van der Waals surface area (Å²) in [6.45, 7) is 4.64. The zero-order chi connectivity index (χ0) is 19.7. The first-order chi connectivity index (χ1) is 13.6. The first kappa shape index (κ1) is 18.4. The minimum atomic E-state index is -0.182. The number of aromatic nitrogens is 4. The Hall–Kier alpha value is -2.93. The average Bonchev–Trinajstić information content (AvgIpc) is 3.14. The summed E-state index contributed by atoms with van der Waals surface area (Å²) < 4.78 is 2.44. The Morgan fingerprint density at radius 2 is 1.93 bits per heavy atom. The molecule has 2 aromatic heterocycles. The molecular weight excluding hydrogens is 418 g/mol. The van der Waals surface area contributed by atoms with Gasteiger partial charge in [-0.05, 0) is 30.5 Å². The summed E-state index contributed by atoms with van der Waals surface area (Å²) in [6, 6.07) is 15.3. The number of hydrogen-bond acceptors (Lipinski definition) is 4. The van der Waals surface area contributed by atoms with Crippen LogP contribution in [-0.2, 0) is 13.0 Å². The Morgan fingerprint density at radius 3 is 2.68 bits per heavy atom. The predicted molar refractivity (Wildman–Crippen MR) is 115 cm³/mol. The summed E-state index contributed by atoms with van der Waals surface area (Å²) in [7, 11) is 0. The summed E-state index contributed by atoms with van der Waals surface area (Å²) in [4.78, 5) is 21.6. The summed E-state index contributed by atoms with van der Waals surface area (Å²) in [5, 5.41) is 6.46. The monoisotopic (exact) mass is 437 g/mol. The molecule has 0 saturated heterocycles. The second-order valence-corrected chi connectivity index (χ2v) is 7.44. The molecule has 0 unspecified atom stereocenters. The van der Waals surface area contributed by atoms with E-state index in [0.717, 1.165) is 27.7 Å². The highest BCUT2D eigenvalue weighted by molar-refractivity contribution is 9.10. The van der Waals surface area contributed by atoms with Gasteiger partial charge >= 0.3 is 0 Å². The van der Waals surface area contributed by atoms with Crippen LogP contribution in [0.1, 0.15) is 23.7 Å². The van der Waals surface area contributed by atoms with E-state index in [1.807, 2.05) is 30.3 Å². The number of anilines is 1. The van der Waals surface area contributed by atoms with Gasteiger partial charge in [-0.25, -0.2) is 4.98 Å². The normalized spacial score (nSPS) is 11.1. The zero-order valence-corrected chi connectivity index (χ0v) is 17.2. The Bertz CT molecular complexity index is 1200. The highest BCUT2D eigenvalue weighted by Crippen LogP contribution is 2.29. The number of rotatable bonds is 5. The van der Waals surface area contributed by atoms with E-state index in [4.69, 9.17) is 0 Å². The van der Waals surface area contributed by atoms with Gasteiger partial charge in [0.1, 0.15) is 0 Å². The number of nitrogens with zero attached hydrogens (tertiary/aromatic N) is 3. The van der Waals surface area contributed by atoms with Crippen molar-refractivity contribution in [2.24, 2.45) is 0 Å². The van der Waals surface area contributed by atoms with Crippen LogP contribution in [0, 0.1) is 6.92 Å². The molecule has 2 heterocycles. The third-order valence-corrected chi connectivity index (χ3v) is 5.44. The quantitative estimate of drug-likeness (QED) is 0.487. The zero-order valence-electron chi connectivity index (χ0n) is 15.7. The van der Waals surface area contributed by atoms with E-state index in [2.05, 4.69) is 62.3 Å². The van der Waals surface area contributed by atoms with Gasteiger partial charge in [0.15, 0.2) is 5.82 Å². The molecular formula is C21H20BrN5O. The van der Waals surface area contributed by atoms with Crippen molar-refractivity contribution in [2.45, 2.75) is 26.8 Å². The number of halogens is 1. The highest BCUT2D eigenvalue weighted by atomic mass is 79.9. The third-order valence-electron chi connectivity index (χ3n) is 4.69. The van der Waals surface area contributed by atoms with Crippen molar-refractivity contribution in [3.63, 3.8) is 0 Å². The number of aromatic amines is 1. The second-order valence-electron chi connectivity index (χ2n) is 6.58. The molecule has 0 spiro atoms. The van der Waals surface area contributed by atoms with Crippen molar-refractivity contribution < 1.29 is 0 Å². The van der Waals surface area contributed by atoms with Crippen molar-refractivity contribution in [3.05, 3.63) is 80.2 Å². The van der Waals surface area contributed by atoms with E-state index < -0.39 is 0 Å². The molecule has 0 saturated carbocycles. The summed E-state index contributed by atoms with van der Waals surface area (Å²) in [5.41, 5.74) is 4.82.